The molecule has 0 saturated heterocycles. The Morgan fingerprint density at radius 2 is 2.06 bits per heavy atom. The predicted octanol–water partition coefficient (Wildman–Crippen LogP) is 3.34. The number of allylic oxidation sites excluding steroid dienone is 1. The zero-order valence-corrected chi connectivity index (χ0v) is 11.8. The van der Waals surface area contributed by atoms with Gasteiger partial charge in [0.05, 0.1) is 12.2 Å². The Morgan fingerprint density at radius 1 is 1.41 bits per heavy atom. The molecule has 0 bridgehead atoms. The van der Waals surface area contributed by atoms with Gasteiger partial charge in [0.1, 0.15) is 0 Å². The van der Waals surface area contributed by atoms with Gasteiger partial charge in [0.2, 0.25) is 0 Å². The summed E-state index contributed by atoms with van der Waals surface area (Å²) in [6, 6.07) is 0. The normalized spacial score (nSPS) is 13.9. The van der Waals surface area contributed by atoms with E-state index in [-0.39, 0.29) is 11.6 Å². The third kappa shape index (κ3) is 10.1. The molecule has 0 aliphatic carbocycles. The van der Waals surface area contributed by atoms with Gasteiger partial charge in [0.15, 0.2) is 0 Å². The summed E-state index contributed by atoms with van der Waals surface area (Å²) in [6.07, 6.45) is 6.13. The first-order valence-electron chi connectivity index (χ1n) is 6.32. The Balaban J connectivity index is 3.78. The minimum absolute atomic E-state index is 0.190. The molecule has 1 atom stereocenters. The highest BCUT2D eigenvalue weighted by Crippen LogP contribution is 2.14. The Labute approximate surface area is 105 Å². The SMILES string of the molecule is CCOC(C)(C)/C=C/CC(C)CCOC(C)=O. The Morgan fingerprint density at radius 3 is 2.59 bits per heavy atom. The van der Waals surface area contributed by atoms with Crippen molar-refractivity contribution in [1.82, 2.24) is 0 Å². The van der Waals surface area contributed by atoms with Crippen LogP contribution in [0, 0.1) is 5.92 Å². The lowest BCUT2D eigenvalue weighted by Crippen LogP contribution is -2.20. The maximum Gasteiger partial charge on any atom is 0.302 e. The summed E-state index contributed by atoms with van der Waals surface area (Å²) in [5.74, 6) is 0.313. The third-order valence-corrected chi connectivity index (χ3v) is 2.49. The van der Waals surface area contributed by atoms with E-state index < -0.39 is 0 Å². The van der Waals surface area contributed by atoms with E-state index in [1.807, 2.05) is 6.92 Å². The molecule has 0 radical (unpaired) electrons. The molecule has 1 unspecified atom stereocenters. The Hall–Kier alpha value is -0.830. The van der Waals surface area contributed by atoms with Gasteiger partial charge in [-0.15, -0.1) is 0 Å². The lowest BCUT2D eigenvalue weighted by Gasteiger charge is -2.20. The first-order valence-corrected chi connectivity index (χ1v) is 6.32. The second-order valence-corrected chi connectivity index (χ2v) is 4.91. The number of hydrogen-bond acceptors (Lipinski definition) is 3. The second kappa shape index (κ2) is 8.29. The molecule has 0 N–H and O–H groups in total. The first kappa shape index (κ1) is 16.2. The highest BCUT2D eigenvalue weighted by atomic mass is 16.5. The third-order valence-electron chi connectivity index (χ3n) is 2.49. The van der Waals surface area contributed by atoms with E-state index in [4.69, 9.17) is 9.47 Å². The Bertz CT molecular complexity index is 244. The van der Waals surface area contributed by atoms with E-state index in [0.717, 1.165) is 19.4 Å². The largest absolute Gasteiger partial charge is 0.466 e. The molecule has 0 saturated carbocycles. The predicted molar refractivity (Wildman–Crippen MR) is 69.9 cm³/mol. The van der Waals surface area contributed by atoms with E-state index in [9.17, 15) is 4.79 Å². The van der Waals surface area contributed by atoms with Crippen molar-refractivity contribution in [3.05, 3.63) is 12.2 Å². The van der Waals surface area contributed by atoms with E-state index in [2.05, 4.69) is 32.9 Å². The highest BCUT2D eigenvalue weighted by molar-refractivity contribution is 5.65. The Kier molecular flexibility index (Phi) is 7.88. The number of rotatable bonds is 8. The van der Waals surface area contributed by atoms with Crippen molar-refractivity contribution in [2.45, 2.75) is 53.1 Å². The average Bonchev–Trinajstić information content (AvgIpc) is 2.16. The van der Waals surface area contributed by atoms with Gasteiger partial charge in [-0.3, -0.25) is 4.79 Å². The van der Waals surface area contributed by atoms with Gasteiger partial charge in [-0.05, 0) is 39.5 Å². The van der Waals surface area contributed by atoms with Crippen LogP contribution in [0.3, 0.4) is 0 Å². The van der Waals surface area contributed by atoms with Crippen molar-refractivity contribution >= 4 is 5.97 Å². The maximum atomic E-state index is 10.6. The smallest absolute Gasteiger partial charge is 0.302 e. The monoisotopic (exact) mass is 242 g/mol. The summed E-state index contributed by atoms with van der Waals surface area (Å²) in [7, 11) is 0. The summed E-state index contributed by atoms with van der Waals surface area (Å²) >= 11 is 0. The van der Waals surface area contributed by atoms with Crippen LogP contribution < -0.4 is 0 Å². The molecule has 0 heterocycles. The van der Waals surface area contributed by atoms with Crippen LogP contribution in [0.15, 0.2) is 12.2 Å². The minimum Gasteiger partial charge on any atom is -0.466 e. The molecule has 0 amide bonds. The quantitative estimate of drug-likeness (QED) is 0.484. The zero-order chi connectivity index (χ0) is 13.3. The molecule has 100 valence electrons. The van der Waals surface area contributed by atoms with Crippen LogP contribution in [-0.2, 0) is 14.3 Å². The van der Waals surface area contributed by atoms with E-state index >= 15 is 0 Å². The van der Waals surface area contributed by atoms with Crippen LogP contribution in [0.25, 0.3) is 0 Å². The molecule has 0 aliphatic rings. The molecule has 0 aromatic carbocycles. The van der Waals surface area contributed by atoms with Crippen molar-refractivity contribution in [3.63, 3.8) is 0 Å². The summed E-state index contributed by atoms with van der Waals surface area (Å²) < 4.78 is 10.5. The summed E-state index contributed by atoms with van der Waals surface area (Å²) in [5.41, 5.74) is -0.190. The summed E-state index contributed by atoms with van der Waals surface area (Å²) in [5, 5.41) is 0. The molecule has 0 fully saturated rings. The lowest BCUT2D eigenvalue weighted by molar-refractivity contribution is -0.141. The van der Waals surface area contributed by atoms with Gasteiger partial charge in [-0.2, -0.15) is 0 Å². The average molecular weight is 242 g/mol. The van der Waals surface area contributed by atoms with Gasteiger partial charge < -0.3 is 9.47 Å². The van der Waals surface area contributed by atoms with Crippen LogP contribution in [0.4, 0.5) is 0 Å². The van der Waals surface area contributed by atoms with Crippen molar-refractivity contribution in [2.75, 3.05) is 13.2 Å². The number of carbonyl (C=O) groups excluding carboxylic acids is 1. The van der Waals surface area contributed by atoms with Crippen molar-refractivity contribution in [3.8, 4) is 0 Å². The number of esters is 1. The van der Waals surface area contributed by atoms with Gasteiger partial charge in [0, 0.05) is 13.5 Å². The fourth-order valence-corrected chi connectivity index (χ4v) is 1.53. The highest BCUT2D eigenvalue weighted by Gasteiger charge is 2.12. The van der Waals surface area contributed by atoms with Gasteiger partial charge in [0.25, 0.3) is 0 Å². The molecular formula is C14H26O3. The van der Waals surface area contributed by atoms with Crippen molar-refractivity contribution in [2.24, 2.45) is 5.92 Å². The van der Waals surface area contributed by atoms with Crippen LogP contribution in [-0.4, -0.2) is 24.8 Å². The minimum atomic E-state index is -0.203. The molecular weight excluding hydrogens is 216 g/mol. The van der Waals surface area contributed by atoms with Crippen molar-refractivity contribution in [1.29, 1.82) is 0 Å². The molecule has 0 aromatic rings. The van der Waals surface area contributed by atoms with Crippen molar-refractivity contribution < 1.29 is 14.3 Å². The van der Waals surface area contributed by atoms with Crippen LogP contribution in [0.5, 0.6) is 0 Å². The van der Waals surface area contributed by atoms with E-state index in [1.165, 1.54) is 6.92 Å². The van der Waals surface area contributed by atoms with Crippen LogP contribution in [0.2, 0.25) is 0 Å². The standard InChI is InChI=1S/C14H26O3/c1-6-17-14(4,5)10-7-8-12(2)9-11-16-13(3)15/h7,10,12H,6,8-9,11H2,1-5H3/b10-7+. The van der Waals surface area contributed by atoms with Crippen LogP contribution in [0.1, 0.15) is 47.5 Å². The number of carbonyl (C=O) groups is 1. The molecule has 0 aliphatic heterocycles. The molecule has 3 heteroatoms. The van der Waals surface area contributed by atoms with E-state index in [1.54, 1.807) is 0 Å². The number of ether oxygens (including phenoxy) is 2. The first-order chi connectivity index (χ1) is 7.87. The lowest BCUT2D eigenvalue weighted by atomic mass is 10.0. The van der Waals surface area contributed by atoms with E-state index in [0.29, 0.717) is 12.5 Å². The molecule has 0 spiro atoms. The van der Waals surface area contributed by atoms with Gasteiger partial charge in [-0.25, -0.2) is 0 Å². The van der Waals surface area contributed by atoms with Gasteiger partial charge >= 0.3 is 5.97 Å². The molecule has 0 aromatic heterocycles. The fraction of sp³-hybridized carbons (Fsp3) is 0.786. The summed E-state index contributed by atoms with van der Waals surface area (Å²) in [4.78, 5) is 10.6. The second-order valence-electron chi connectivity index (χ2n) is 4.91. The molecule has 0 rings (SSSR count). The van der Waals surface area contributed by atoms with Gasteiger partial charge in [-0.1, -0.05) is 19.1 Å². The molecule has 17 heavy (non-hydrogen) atoms. The topological polar surface area (TPSA) is 35.5 Å². The van der Waals surface area contributed by atoms with Crippen LogP contribution >= 0.6 is 0 Å². The zero-order valence-electron chi connectivity index (χ0n) is 11.8. The molecule has 3 nitrogen and oxygen atoms in total. The maximum absolute atomic E-state index is 10.6. The number of hydrogen-bond donors (Lipinski definition) is 0. The summed E-state index contributed by atoms with van der Waals surface area (Å²) in [6.45, 7) is 10.9. The fourth-order valence-electron chi connectivity index (χ4n) is 1.53.